The number of amides is 1. The molecule has 0 unspecified atom stereocenters. The quantitative estimate of drug-likeness (QED) is 0.807. The van der Waals surface area contributed by atoms with E-state index in [0.717, 1.165) is 12.8 Å². The predicted octanol–water partition coefficient (Wildman–Crippen LogP) is 3.33. The number of carbonyl (C=O) groups excluding carboxylic acids is 1. The molecule has 142 valence electrons. The highest BCUT2D eigenvalue weighted by Gasteiger charge is 2.38. The lowest BCUT2D eigenvalue weighted by molar-refractivity contribution is -0.146. The highest BCUT2D eigenvalue weighted by Crippen LogP contribution is 2.34. The molecule has 1 fully saturated rings. The summed E-state index contributed by atoms with van der Waals surface area (Å²) < 4.78 is 17.7. The van der Waals surface area contributed by atoms with E-state index in [0.29, 0.717) is 35.5 Å². The van der Waals surface area contributed by atoms with Crippen LogP contribution < -0.4 is 14.2 Å². The number of carbonyl (C=O) groups is 1. The van der Waals surface area contributed by atoms with Crippen molar-refractivity contribution in [3.63, 3.8) is 0 Å². The topological polar surface area (TPSA) is 60.9 Å². The third-order valence-electron chi connectivity index (χ3n) is 4.84. The molecule has 2 atom stereocenters. The lowest BCUT2D eigenvalue weighted by Gasteiger charge is -2.37. The van der Waals surface area contributed by atoms with E-state index < -0.39 is 6.10 Å². The second-order valence-corrected chi connectivity index (χ2v) is 7.15. The van der Waals surface area contributed by atoms with Crippen molar-refractivity contribution in [3.05, 3.63) is 47.6 Å². The van der Waals surface area contributed by atoms with Gasteiger partial charge in [0, 0.05) is 32.1 Å². The number of hydrogen-bond acceptors (Lipinski definition) is 5. The van der Waals surface area contributed by atoms with Gasteiger partial charge in [-0.05, 0) is 31.2 Å². The molecule has 0 bridgehead atoms. The largest absolute Gasteiger partial charge is 0.482 e. The van der Waals surface area contributed by atoms with Crippen LogP contribution in [0, 0.1) is 0 Å². The minimum Gasteiger partial charge on any atom is -0.482 e. The molecule has 0 N–H and O–H groups in total. The first-order valence-electron chi connectivity index (χ1n) is 9.10. The lowest BCUT2D eigenvalue weighted by atomic mass is 10.1. The number of benzene rings is 1. The van der Waals surface area contributed by atoms with E-state index in [-0.39, 0.29) is 18.1 Å². The second kappa shape index (κ2) is 7.64. The van der Waals surface area contributed by atoms with Gasteiger partial charge < -0.3 is 19.1 Å². The van der Waals surface area contributed by atoms with Crippen LogP contribution in [-0.4, -0.2) is 47.2 Å². The standard InChI is InChI=1S/C20H21ClN2O4/c1-13-18(27-17-7-3-2-6-16(17)25-13)20(24)23-11-8-14(9-12-23)26-19-15(21)5-4-10-22-19/h2-7,10,13-14,18H,8-9,11-12H2,1H3/t13-,18-/m0/s1. The van der Waals surface area contributed by atoms with Crippen molar-refractivity contribution in [2.24, 2.45) is 0 Å². The molecule has 1 amide bonds. The number of fused-ring (bicyclic) bond motifs is 1. The molecule has 0 radical (unpaired) electrons. The summed E-state index contributed by atoms with van der Waals surface area (Å²) in [5.41, 5.74) is 0. The summed E-state index contributed by atoms with van der Waals surface area (Å²) in [5, 5.41) is 0.497. The first kappa shape index (κ1) is 17.9. The van der Waals surface area contributed by atoms with Crippen molar-refractivity contribution < 1.29 is 19.0 Å². The molecule has 1 aromatic heterocycles. The van der Waals surface area contributed by atoms with Crippen LogP contribution in [0.3, 0.4) is 0 Å². The molecule has 2 aliphatic heterocycles. The van der Waals surface area contributed by atoms with E-state index in [4.69, 9.17) is 25.8 Å². The van der Waals surface area contributed by atoms with Crippen LogP contribution in [0.25, 0.3) is 0 Å². The van der Waals surface area contributed by atoms with Crippen LogP contribution in [0.15, 0.2) is 42.6 Å². The highest BCUT2D eigenvalue weighted by molar-refractivity contribution is 6.31. The zero-order valence-corrected chi connectivity index (χ0v) is 15.8. The third kappa shape index (κ3) is 3.81. The van der Waals surface area contributed by atoms with E-state index in [1.165, 1.54) is 0 Å². The molecule has 6 nitrogen and oxygen atoms in total. The van der Waals surface area contributed by atoms with Crippen LogP contribution in [0.1, 0.15) is 19.8 Å². The average Bonchev–Trinajstić information content (AvgIpc) is 2.69. The van der Waals surface area contributed by atoms with Crippen LogP contribution in [0.2, 0.25) is 5.02 Å². The van der Waals surface area contributed by atoms with Crippen LogP contribution >= 0.6 is 11.6 Å². The number of piperidine rings is 1. The third-order valence-corrected chi connectivity index (χ3v) is 5.13. The Hall–Kier alpha value is -2.47. The van der Waals surface area contributed by atoms with E-state index >= 15 is 0 Å². The Bertz CT molecular complexity index is 823. The zero-order valence-electron chi connectivity index (χ0n) is 15.0. The fourth-order valence-corrected chi connectivity index (χ4v) is 3.55. The van der Waals surface area contributed by atoms with Gasteiger partial charge >= 0.3 is 0 Å². The van der Waals surface area contributed by atoms with Crippen molar-refractivity contribution >= 4 is 17.5 Å². The van der Waals surface area contributed by atoms with Gasteiger partial charge in [-0.15, -0.1) is 0 Å². The van der Waals surface area contributed by atoms with Crippen LogP contribution in [0.4, 0.5) is 0 Å². The Labute approximate surface area is 163 Å². The smallest absolute Gasteiger partial charge is 0.267 e. The number of pyridine rings is 1. The number of rotatable bonds is 3. The maximum Gasteiger partial charge on any atom is 0.267 e. The summed E-state index contributed by atoms with van der Waals surface area (Å²) in [5.74, 6) is 1.68. The number of para-hydroxylation sites is 2. The number of hydrogen-bond donors (Lipinski definition) is 0. The number of aromatic nitrogens is 1. The average molecular weight is 389 g/mol. The van der Waals surface area contributed by atoms with Crippen molar-refractivity contribution in [2.75, 3.05) is 13.1 Å². The van der Waals surface area contributed by atoms with E-state index in [1.54, 1.807) is 18.3 Å². The summed E-state index contributed by atoms with van der Waals surface area (Å²) >= 11 is 6.10. The van der Waals surface area contributed by atoms with Crippen LogP contribution in [-0.2, 0) is 4.79 Å². The Morgan fingerprint density at radius 1 is 1.15 bits per heavy atom. The molecule has 0 saturated carbocycles. The molecule has 1 aromatic carbocycles. The van der Waals surface area contributed by atoms with Crippen molar-refractivity contribution in [1.29, 1.82) is 0 Å². The van der Waals surface area contributed by atoms with E-state index in [9.17, 15) is 4.79 Å². The normalized spacial score (nSPS) is 22.4. The maximum atomic E-state index is 12.9. The summed E-state index contributed by atoms with van der Waals surface area (Å²) in [6.07, 6.45) is 2.10. The maximum absolute atomic E-state index is 12.9. The molecule has 2 aromatic rings. The molecule has 2 aliphatic rings. The summed E-state index contributed by atoms with van der Waals surface area (Å²) in [6, 6.07) is 10.9. The van der Waals surface area contributed by atoms with E-state index in [1.807, 2.05) is 36.1 Å². The first-order valence-corrected chi connectivity index (χ1v) is 9.48. The highest BCUT2D eigenvalue weighted by atomic mass is 35.5. The molecule has 0 aliphatic carbocycles. The van der Waals surface area contributed by atoms with Gasteiger partial charge in [-0.1, -0.05) is 23.7 Å². The van der Waals surface area contributed by atoms with Gasteiger partial charge in [0.25, 0.3) is 5.91 Å². The van der Waals surface area contributed by atoms with Crippen molar-refractivity contribution in [1.82, 2.24) is 9.88 Å². The van der Waals surface area contributed by atoms with Crippen molar-refractivity contribution in [2.45, 2.75) is 38.1 Å². The molecule has 27 heavy (non-hydrogen) atoms. The van der Waals surface area contributed by atoms with Gasteiger partial charge in [0.05, 0.1) is 0 Å². The Morgan fingerprint density at radius 2 is 1.85 bits per heavy atom. The molecule has 4 rings (SSSR count). The van der Waals surface area contributed by atoms with E-state index in [2.05, 4.69) is 4.98 Å². The molecule has 7 heteroatoms. The van der Waals surface area contributed by atoms with Gasteiger partial charge in [-0.2, -0.15) is 0 Å². The van der Waals surface area contributed by atoms with Gasteiger partial charge in [0.1, 0.15) is 17.2 Å². The summed E-state index contributed by atoms with van der Waals surface area (Å²) in [7, 11) is 0. The fraction of sp³-hybridized carbons (Fsp3) is 0.400. The molecule has 0 spiro atoms. The van der Waals surface area contributed by atoms with Crippen molar-refractivity contribution in [3.8, 4) is 17.4 Å². The minimum absolute atomic E-state index is 0.0110. The number of likely N-dealkylation sites (tertiary alicyclic amines) is 1. The van der Waals surface area contributed by atoms with Gasteiger partial charge in [-0.25, -0.2) is 4.98 Å². The SMILES string of the molecule is C[C@@H]1Oc2ccccc2O[C@@H]1C(=O)N1CCC(Oc2ncccc2Cl)CC1. The monoisotopic (exact) mass is 388 g/mol. The Kier molecular flexibility index (Phi) is 5.07. The van der Waals surface area contributed by atoms with Gasteiger partial charge in [0.15, 0.2) is 11.5 Å². The molecular formula is C20H21ClN2O4. The number of halogens is 1. The minimum atomic E-state index is -0.636. The molecular weight excluding hydrogens is 368 g/mol. The summed E-state index contributed by atoms with van der Waals surface area (Å²) in [4.78, 5) is 18.9. The van der Waals surface area contributed by atoms with Crippen LogP contribution in [0.5, 0.6) is 17.4 Å². The molecule has 3 heterocycles. The Balaban J connectivity index is 1.36. The molecule has 1 saturated heterocycles. The van der Waals surface area contributed by atoms with Gasteiger partial charge in [-0.3, -0.25) is 4.79 Å². The zero-order chi connectivity index (χ0) is 18.8. The lowest BCUT2D eigenvalue weighted by Crippen LogP contribution is -2.53. The fourth-order valence-electron chi connectivity index (χ4n) is 3.38. The predicted molar refractivity (Wildman–Crippen MR) is 100 cm³/mol. The number of nitrogens with zero attached hydrogens (tertiary/aromatic N) is 2. The first-order chi connectivity index (χ1) is 13.1. The number of ether oxygens (including phenoxy) is 3. The summed E-state index contributed by atoms with van der Waals surface area (Å²) in [6.45, 7) is 3.06. The Morgan fingerprint density at radius 3 is 2.56 bits per heavy atom. The second-order valence-electron chi connectivity index (χ2n) is 6.74. The van der Waals surface area contributed by atoms with Gasteiger partial charge in [0.2, 0.25) is 12.0 Å².